The minimum atomic E-state index is -4.77. The average molecular weight is 671 g/mol. The van der Waals surface area contributed by atoms with E-state index in [-0.39, 0.29) is 71.0 Å². The molecule has 1 radical (unpaired) electrons. The number of carbonyl (C=O) groups is 6. The van der Waals surface area contributed by atoms with Crippen LogP contribution in [0.1, 0.15) is 83.5 Å². The first kappa shape index (κ1) is 38.3. The predicted molar refractivity (Wildman–Crippen MR) is 161 cm³/mol. The topological polar surface area (TPSA) is 217 Å². The summed E-state index contributed by atoms with van der Waals surface area (Å²) in [5.41, 5.74) is 0. The SMILES string of the molecule is O=C(CCCCCNC(=O)CCCC[C@@H]1SC[C@@H]2NC(=O)N[C@@H]21)NCCCCCC(=O)ON1C(=O)CC(S(=O)(=O)O)C1=O.[Na]. The number of nitrogens with zero attached hydrogens (tertiary/aromatic N) is 1. The molecule has 3 heterocycles. The van der Waals surface area contributed by atoms with Crippen LogP contribution in [0.5, 0.6) is 0 Å². The standard InChI is InChI=1S/C26H41N5O10S2.Na/c32-20(27-14-8-2-4-12-23(35)41-31-22(34)15-19(25(31)36)43(38,39)40)10-3-1-7-13-28-21(33)11-6-5-9-18-24-17(16-42-18)29-26(37)30-24;/h17-19,24H,1-16H2,(H,27,32)(H,28,33)(H2,29,30,37)(H,38,39,40);/t17-,18-,19?,24-;/m0./s1. The molecule has 3 rings (SSSR count). The first-order chi connectivity index (χ1) is 20.5. The number of nitrogens with one attached hydrogen (secondary N) is 4. The minimum absolute atomic E-state index is 0. The molecule has 44 heavy (non-hydrogen) atoms. The largest absolute Gasteiger partial charge is 0.356 e. The molecule has 0 spiro atoms. The van der Waals surface area contributed by atoms with Crippen molar-refractivity contribution in [3.63, 3.8) is 0 Å². The molecule has 6 amide bonds. The smallest absolute Gasteiger partial charge is 0.333 e. The Balaban J connectivity index is 0.00000675. The molecule has 0 aliphatic carbocycles. The van der Waals surface area contributed by atoms with E-state index in [1.807, 2.05) is 11.8 Å². The van der Waals surface area contributed by atoms with Gasteiger partial charge in [0.1, 0.15) is 0 Å². The Hall–Kier alpha value is -1.92. The van der Waals surface area contributed by atoms with E-state index >= 15 is 0 Å². The minimum Gasteiger partial charge on any atom is -0.356 e. The van der Waals surface area contributed by atoms with E-state index in [0.717, 1.165) is 37.9 Å². The molecule has 15 nitrogen and oxygen atoms in total. The number of hydroxylamine groups is 2. The molecule has 3 saturated heterocycles. The van der Waals surface area contributed by atoms with Gasteiger partial charge in [-0.3, -0.25) is 23.7 Å². The zero-order chi connectivity index (χ0) is 31.4. The molecular formula is C26H41N5NaO10S2. The van der Waals surface area contributed by atoms with Gasteiger partial charge in [0.2, 0.25) is 11.8 Å². The van der Waals surface area contributed by atoms with Crippen LogP contribution >= 0.6 is 11.8 Å². The molecule has 5 N–H and O–H groups in total. The third-order valence-electron chi connectivity index (χ3n) is 7.48. The second kappa shape index (κ2) is 18.9. The van der Waals surface area contributed by atoms with Crippen LogP contribution in [0.4, 0.5) is 4.79 Å². The summed E-state index contributed by atoms with van der Waals surface area (Å²) >= 11 is 1.87. The van der Waals surface area contributed by atoms with E-state index in [9.17, 15) is 37.2 Å². The second-order valence-electron chi connectivity index (χ2n) is 10.9. The van der Waals surface area contributed by atoms with Crippen LogP contribution in [0, 0.1) is 0 Å². The van der Waals surface area contributed by atoms with Crippen molar-refractivity contribution >= 4 is 87.1 Å². The normalized spacial score (nSPS) is 22.6. The summed E-state index contributed by atoms with van der Waals surface area (Å²) in [6.07, 6.45) is 6.53. The molecular weight excluding hydrogens is 629 g/mol. The van der Waals surface area contributed by atoms with Crippen molar-refractivity contribution in [2.24, 2.45) is 0 Å². The van der Waals surface area contributed by atoms with E-state index in [1.165, 1.54) is 0 Å². The number of fused-ring (bicyclic) bond motifs is 1. The summed E-state index contributed by atoms with van der Waals surface area (Å²) in [5, 5.41) is 10.2. The number of hydrogen-bond donors (Lipinski definition) is 5. The molecule has 4 atom stereocenters. The summed E-state index contributed by atoms with van der Waals surface area (Å²) < 4.78 is 31.2. The van der Waals surface area contributed by atoms with Crippen LogP contribution in [-0.2, 0) is 38.9 Å². The molecule has 0 aromatic heterocycles. The third kappa shape index (κ3) is 12.5. The number of amides is 6. The number of imide groups is 1. The number of carbonyl (C=O) groups excluding carboxylic acids is 6. The molecule has 0 aromatic rings. The maximum atomic E-state index is 12.1. The fourth-order valence-electron chi connectivity index (χ4n) is 5.12. The monoisotopic (exact) mass is 670 g/mol. The summed E-state index contributed by atoms with van der Waals surface area (Å²) in [6.45, 7) is 0.999. The molecule has 1 unspecified atom stereocenters. The number of thioether (sulfide) groups is 1. The van der Waals surface area contributed by atoms with Gasteiger partial charge in [-0.05, 0) is 38.5 Å². The summed E-state index contributed by atoms with van der Waals surface area (Å²) in [4.78, 5) is 75.6. The quantitative estimate of drug-likeness (QED) is 0.0410. The van der Waals surface area contributed by atoms with Crippen LogP contribution in [-0.4, -0.2) is 125 Å². The van der Waals surface area contributed by atoms with E-state index in [1.54, 1.807) is 0 Å². The van der Waals surface area contributed by atoms with Gasteiger partial charge in [0, 0.05) is 72.9 Å². The number of urea groups is 1. The third-order valence-corrected chi connectivity index (χ3v) is 10.1. The zero-order valence-electron chi connectivity index (χ0n) is 25.0. The second-order valence-corrected chi connectivity index (χ2v) is 13.8. The first-order valence-electron chi connectivity index (χ1n) is 14.7. The molecule has 3 fully saturated rings. The Labute approximate surface area is 283 Å². The average Bonchev–Trinajstić information content (AvgIpc) is 3.58. The van der Waals surface area contributed by atoms with Gasteiger partial charge in [-0.15, -0.1) is 5.06 Å². The number of hydrogen-bond acceptors (Lipinski definition) is 10. The van der Waals surface area contributed by atoms with Crippen molar-refractivity contribution in [1.82, 2.24) is 26.3 Å². The maximum Gasteiger partial charge on any atom is 0.333 e. The Morgan fingerprint density at radius 1 is 0.886 bits per heavy atom. The fraction of sp³-hybridized carbons (Fsp3) is 0.769. The van der Waals surface area contributed by atoms with Gasteiger partial charge >= 0.3 is 12.0 Å². The van der Waals surface area contributed by atoms with E-state index in [2.05, 4.69) is 26.1 Å². The Morgan fingerprint density at radius 2 is 1.48 bits per heavy atom. The van der Waals surface area contributed by atoms with Crippen molar-refractivity contribution in [2.45, 2.75) is 106 Å². The van der Waals surface area contributed by atoms with E-state index < -0.39 is 39.6 Å². The number of unbranched alkanes of at least 4 members (excludes halogenated alkanes) is 5. The van der Waals surface area contributed by atoms with Crippen LogP contribution in [0.2, 0.25) is 0 Å². The first-order valence-corrected chi connectivity index (χ1v) is 17.3. The fourth-order valence-corrected chi connectivity index (χ4v) is 7.37. The Bertz CT molecular complexity index is 1160. The molecule has 243 valence electrons. The molecule has 18 heteroatoms. The number of rotatable bonds is 19. The van der Waals surface area contributed by atoms with Gasteiger partial charge in [0.15, 0.2) is 5.25 Å². The van der Waals surface area contributed by atoms with Gasteiger partial charge in [0.05, 0.1) is 18.5 Å². The van der Waals surface area contributed by atoms with Crippen LogP contribution in [0.25, 0.3) is 0 Å². The Kier molecular flexibility index (Phi) is 16.4. The molecule has 0 aromatic carbocycles. The van der Waals surface area contributed by atoms with Crippen LogP contribution in [0.3, 0.4) is 0 Å². The summed E-state index contributed by atoms with van der Waals surface area (Å²) in [5.74, 6) is -2.32. The van der Waals surface area contributed by atoms with Crippen LogP contribution < -0.4 is 21.3 Å². The van der Waals surface area contributed by atoms with Gasteiger partial charge in [-0.2, -0.15) is 20.2 Å². The molecule has 0 bridgehead atoms. The maximum absolute atomic E-state index is 12.1. The van der Waals surface area contributed by atoms with Gasteiger partial charge in [0.25, 0.3) is 21.9 Å². The van der Waals surface area contributed by atoms with Crippen molar-refractivity contribution in [2.75, 3.05) is 18.8 Å². The van der Waals surface area contributed by atoms with Gasteiger partial charge in [-0.1, -0.05) is 19.3 Å². The molecule has 3 aliphatic rings. The van der Waals surface area contributed by atoms with Crippen molar-refractivity contribution in [3.8, 4) is 0 Å². The predicted octanol–water partition coefficient (Wildman–Crippen LogP) is 0.158. The molecule has 3 aliphatic heterocycles. The summed E-state index contributed by atoms with van der Waals surface area (Å²) in [6, 6.07) is 0.323. The van der Waals surface area contributed by atoms with E-state index in [0.29, 0.717) is 56.9 Å². The van der Waals surface area contributed by atoms with Crippen molar-refractivity contribution in [1.29, 1.82) is 0 Å². The van der Waals surface area contributed by atoms with Gasteiger partial charge < -0.3 is 26.1 Å². The van der Waals surface area contributed by atoms with Crippen molar-refractivity contribution < 1.29 is 46.6 Å². The zero-order valence-corrected chi connectivity index (χ0v) is 28.6. The Morgan fingerprint density at radius 3 is 2.07 bits per heavy atom. The van der Waals surface area contributed by atoms with Crippen molar-refractivity contribution in [3.05, 3.63) is 0 Å². The van der Waals surface area contributed by atoms with Gasteiger partial charge in [-0.25, -0.2) is 9.59 Å². The molecule has 0 saturated carbocycles. The van der Waals surface area contributed by atoms with E-state index in [4.69, 9.17) is 4.55 Å². The summed E-state index contributed by atoms with van der Waals surface area (Å²) in [7, 11) is -4.77. The van der Waals surface area contributed by atoms with Crippen LogP contribution in [0.15, 0.2) is 0 Å².